The van der Waals surface area contributed by atoms with Crippen molar-refractivity contribution < 1.29 is 13.2 Å². The Morgan fingerprint density at radius 2 is 1.69 bits per heavy atom. The van der Waals surface area contributed by atoms with Crippen molar-refractivity contribution in [3.63, 3.8) is 0 Å². The highest BCUT2D eigenvalue weighted by Gasteiger charge is 2.10. The molecule has 0 aromatic heterocycles. The fourth-order valence-electron chi connectivity index (χ4n) is 2.75. The van der Waals surface area contributed by atoms with Gasteiger partial charge < -0.3 is 5.32 Å². The van der Waals surface area contributed by atoms with Crippen LogP contribution < -0.4 is 10.0 Å². The van der Waals surface area contributed by atoms with Gasteiger partial charge in [0.25, 0.3) is 5.91 Å². The first-order chi connectivity index (χ1) is 12.3. The molecule has 0 unspecified atom stereocenters. The van der Waals surface area contributed by atoms with E-state index in [1.807, 2.05) is 36.4 Å². The van der Waals surface area contributed by atoms with Crippen LogP contribution in [0.1, 0.15) is 21.5 Å². The summed E-state index contributed by atoms with van der Waals surface area (Å²) >= 11 is 0. The lowest BCUT2D eigenvalue weighted by molar-refractivity contribution is 0.0951. The average Bonchev–Trinajstić information content (AvgIpc) is 2.60. The number of hydrogen-bond donors (Lipinski definition) is 2. The summed E-state index contributed by atoms with van der Waals surface area (Å²) in [4.78, 5) is 12.4. The summed E-state index contributed by atoms with van der Waals surface area (Å²) in [7, 11) is -3.35. The van der Waals surface area contributed by atoms with E-state index in [1.165, 1.54) is 0 Å². The lowest BCUT2D eigenvalue weighted by atomic mass is 10.1. The zero-order chi connectivity index (χ0) is 18.7. The van der Waals surface area contributed by atoms with Crippen molar-refractivity contribution in [1.82, 2.24) is 5.32 Å². The van der Waals surface area contributed by atoms with Gasteiger partial charge in [0.05, 0.1) is 11.9 Å². The Morgan fingerprint density at radius 3 is 2.38 bits per heavy atom. The normalized spacial score (nSPS) is 11.3. The van der Waals surface area contributed by atoms with Gasteiger partial charge in [0, 0.05) is 12.1 Å². The number of aryl methyl sites for hydroxylation is 1. The third-order valence-electron chi connectivity index (χ3n) is 4.05. The number of rotatable bonds is 5. The SMILES string of the molecule is Cc1cc(C(=O)NCc2ccc3ccccc3c2)ccc1NS(C)(=O)=O. The van der Waals surface area contributed by atoms with Gasteiger partial charge in [0.2, 0.25) is 10.0 Å². The molecule has 3 aromatic carbocycles. The van der Waals surface area contributed by atoms with Crippen LogP contribution in [-0.2, 0) is 16.6 Å². The molecule has 1 amide bonds. The highest BCUT2D eigenvalue weighted by molar-refractivity contribution is 7.92. The zero-order valence-electron chi connectivity index (χ0n) is 14.6. The molecule has 0 fully saturated rings. The number of carbonyl (C=O) groups excluding carboxylic acids is 1. The summed E-state index contributed by atoms with van der Waals surface area (Å²) in [6.07, 6.45) is 1.09. The predicted octanol–water partition coefficient (Wildman–Crippen LogP) is 3.45. The van der Waals surface area contributed by atoms with Crippen molar-refractivity contribution >= 4 is 32.4 Å². The second-order valence-electron chi connectivity index (χ2n) is 6.27. The second kappa shape index (κ2) is 7.17. The summed E-state index contributed by atoms with van der Waals surface area (Å²) in [5, 5.41) is 5.19. The minimum atomic E-state index is -3.35. The van der Waals surface area contributed by atoms with Gasteiger partial charge in [0.1, 0.15) is 0 Å². The molecule has 0 aliphatic rings. The molecule has 0 atom stereocenters. The molecule has 6 heteroatoms. The van der Waals surface area contributed by atoms with E-state index in [2.05, 4.69) is 16.1 Å². The van der Waals surface area contributed by atoms with Crippen LogP contribution in [-0.4, -0.2) is 20.6 Å². The molecule has 0 spiro atoms. The fraction of sp³-hybridized carbons (Fsp3) is 0.150. The van der Waals surface area contributed by atoms with Gasteiger partial charge >= 0.3 is 0 Å². The van der Waals surface area contributed by atoms with Gasteiger partial charge in [-0.1, -0.05) is 36.4 Å². The molecule has 3 aromatic rings. The van der Waals surface area contributed by atoms with Crippen LogP contribution in [0, 0.1) is 6.92 Å². The van der Waals surface area contributed by atoms with Crippen molar-refractivity contribution in [1.29, 1.82) is 0 Å². The fourth-order valence-corrected chi connectivity index (χ4v) is 3.38. The smallest absolute Gasteiger partial charge is 0.251 e. The minimum Gasteiger partial charge on any atom is -0.348 e. The van der Waals surface area contributed by atoms with Crippen molar-refractivity contribution in [2.45, 2.75) is 13.5 Å². The maximum absolute atomic E-state index is 12.4. The topological polar surface area (TPSA) is 75.3 Å². The Kier molecular flexibility index (Phi) is 4.95. The van der Waals surface area contributed by atoms with Gasteiger partial charge in [-0.3, -0.25) is 9.52 Å². The molecular weight excluding hydrogens is 348 g/mol. The summed E-state index contributed by atoms with van der Waals surface area (Å²) in [6.45, 7) is 2.18. The summed E-state index contributed by atoms with van der Waals surface area (Å²) in [5.74, 6) is -0.202. The van der Waals surface area contributed by atoms with E-state index in [0.29, 0.717) is 23.4 Å². The van der Waals surface area contributed by atoms with Crippen molar-refractivity contribution in [3.05, 3.63) is 77.4 Å². The number of sulfonamides is 1. The van der Waals surface area contributed by atoms with Gasteiger partial charge in [-0.15, -0.1) is 0 Å². The third kappa shape index (κ3) is 4.40. The Hall–Kier alpha value is -2.86. The van der Waals surface area contributed by atoms with E-state index in [9.17, 15) is 13.2 Å². The summed E-state index contributed by atoms with van der Waals surface area (Å²) in [6, 6.07) is 19.0. The van der Waals surface area contributed by atoms with Crippen LogP contribution in [0.25, 0.3) is 10.8 Å². The molecule has 26 heavy (non-hydrogen) atoms. The zero-order valence-corrected chi connectivity index (χ0v) is 15.4. The van der Waals surface area contributed by atoms with Gasteiger partial charge in [-0.2, -0.15) is 0 Å². The van der Waals surface area contributed by atoms with Crippen LogP contribution in [0.15, 0.2) is 60.7 Å². The van der Waals surface area contributed by atoms with Crippen LogP contribution in [0.3, 0.4) is 0 Å². The van der Waals surface area contributed by atoms with E-state index in [4.69, 9.17) is 0 Å². The highest BCUT2D eigenvalue weighted by Crippen LogP contribution is 2.18. The molecule has 0 radical (unpaired) electrons. The lowest BCUT2D eigenvalue weighted by Crippen LogP contribution is -2.23. The lowest BCUT2D eigenvalue weighted by Gasteiger charge is -2.10. The van der Waals surface area contributed by atoms with Crippen LogP contribution in [0.5, 0.6) is 0 Å². The maximum atomic E-state index is 12.4. The molecule has 0 bridgehead atoms. The van der Waals surface area contributed by atoms with Crippen molar-refractivity contribution in [2.24, 2.45) is 0 Å². The highest BCUT2D eigenvalue weighted by atomic mass is 32.2. The number of anilines is 1. The standard InChI is InChI=1S/C20H20N2O3S/c1-14-11-18(9-10-19(14)22-26(2,24)25)20(23)21-13-15-7-8-16-5-3-4-6-17(16)12-15/h3-12,22H,13H2,1-2H3,(H,21,23). The molecule has 2 N–H and O–H groups in total. The molecule has 0 aliphatic heterocycles. The molecular formula is C20H20N2O3S. The number of nitrogens with one attached hydrogen (secondary N) is 2. The monoisotopic (exact) mass is 368 g/mol. The number of amides is 1. The number of fused-ring (bicyclic) bond motifs is 1. The second-order valence-corrected chi connectivity index (χ2v) is 8.02. The molecule has 0 heterocycles. The van der Waals surface area contributed by atoms with E-state index >= 15 is 0 Å². The quantitative estimate of drug-likeness (QED) is 0.724. The third-order valence-corrected chi connectivity index (χ3v) is 4.64. The van der Waals surface area contributed by atoms with E-state index in [-0.39, 0.29) is 5.91 Å². The molecule has 134 valence electrons. The van der Waals surface area contributed by atoms with E-state index < -0.39 is 10.0 Å². The Morgan fingerprint density at radius 1 is 0.962 bits per heavy atom. The molecule has 0 saturated heterocycles. The van der Waals surface area contributed by atoms with Crippen LogP contribution >= 0.6 is 0 Å². The first kappa shape index (κ1) is 17.9. The number of hydrogen-bond acceptors (Lipinski definition) is 3. The van der Waals surface area contributed by atoms with E-state index in [1.54, 1.807) is 25.1 Å². The predicted molar refractivity (Wildman–Crippen MR) is 105 cm³/mol. The Balaban J connectivity index is 1.70. The molecule has 5 nitrogen and oxygen atoms in total. The molecule has 0 aliphatic carbocycles. The van der Waals surface area contributed by atoms with E-state index in [0.717, 1.165) is 22.6 Å². The first-order valence-electron chi connectivity index (χ1n) is 8.16. The first-order valence-corrected chi connectivity index (χ1v) is 10.1. The molecule has 0 saturated carbocycles. The van der Waals surface area contributed by atoms with Crippen molar-refractivity contribution in [3.8, 4) is 0 Å². The average molecular weight is 368 g/mol. The Bertz CT molecular complexity index is 1080. The van der Waals surface area contributed by atoms with Gasteiger partial charge in [-0.25, -0.2) is 8.42 Å². The van der Waals surface area contributed by atoms with Crippen LogP contribution in [0.4, 0.5) is 5.69 Å². The van der Waals surface area contributed by atoms with Crippen LogP contribution in [0.2, 0.25) is 0 Å². The summed E-state index contributed by atoms with van der Waals surface area (Å²) < 4.78 is 25.1. The number of benzene rings is 3. The van der Waals surface area contributed by atoms with Gasteiger partial charge in [0.15, 0.2) is 0 Å². The van der Waals surface area contributed by atoms with Gasteiger partial charge in [-0.05, 0) is 53.1 Å². The largest absolute Gasteiger partial charge is 0.348 e. The minimum absolute atomic E-state index is 0.202. The summed E-state index contributed by atoms with van der Waals surface area (Å²) in [5.41, 5.74) is 2.67. The van der Waals surface area contributed by atoms with Crippen molar-refractivity contribution in [2.75, 3.05) is 11.0 Å². The maximum Gasteiger partial charge on any atom is 0.251 e. The number of carbonyl (C=O) groups is 1. The molecule has 3 rings (SSSR count). The Labute approximate surface area is 153 Å².